The van der Waals surface area contributed by atoms with Crippen LogP contribution in [0.3, 0.4) is 0 Å². The number of ether oxygens (including phenoxy) is 2. The molecule has 1 aliphatic heterocycles. The SMILES string of the molecule is O=[N+]([O-])c1cc(Cl)cc2c1Oc1ccccc1O2. The van der Waals surface area contributed by atoms with Crippen LogP contribution in [0.1, 0.15) is 0 Å². The predicted octanol–water partition coefficient (Wildman–Crippen LogP) is 4.15. The van der Waals surface area contributed by atoms with Crippen LogP contribution in [0.4, 0.5) is 5.69 Å². The van der Waals surface area contributed by atoms with E-state index in [0.717, 1.165) is 0 Å². The maximum absolute atomic E-state index is 10.9. The lowest BCUT2D eigenvalue weighted by atomic mass is 10.2. The quantitative estimate of drug-likeness (QED) is 0.489. The van der Waals surface area contributed by atoms with Crippen molar-refractivity contribution in [1.82, 2.24) is 0 Å². The monoisotopic (exact) mass is 263 g/mol. The van der Waals surface area contributed by atoms with Crippen molar-refractivity contribution in [2.24, 2.45) is 0 Å². The molecular weight excluding hydrogens is 258 g/mol. The molecule has 0 N–H and O–H groups in total. The largest absolute Gasteiger partial charge is 0.449 e. The fraction of sp³-hybridized carbons (Fsp3) is 0. The van der Waals surface area contributed by atoms with E-state index in [4.69, 9.17) is 21.1 Å². The summed E-state index contributed by atoms with van der Waals surface area (Å²) in [4.78, 5) is 10.4. The molecule has 0 amide bonds. The van der Waals surface area contributed by atoms with Crippen LogP contribution in [-0.4, -0.2) is 4.92 Å². The van der Waals surface area contributed by atoms with Crippen molar-refractivity contribution < 1.29 is 14.4 Å². The smallest absolute Gasteiger partial charge is 0.317 e. The van der Waals surface area contributed by atoms with E-state index in [1.54, 1.807) is 24.3 Å². The second-order valence-electron chi connectivity index (χ2n) is 3.66. The van der Waals surface area contributed by atoms with Crippen LogP contribution in [0, 0.1) is 10.1 Å². The number of nitrogens with zero attached hydrogens (tertiary/aromatic N) is 1. The van der Waals surface area contributed by atoms with E-state index >= 15 is 0 Å². The van der Waals surface area contributed by atoms with Gasteiger partial charge in [0.15, 0.2) is 17.2 Å². The second-order valence-corrected chi connectivity index (χ2v) is 4.10. The van der Waals surface area contributed by atoms with Crippen molar-refractivity contribution in [3.8, 4) is 23.0 Å². The minimum Gasteiger partial charge on any atom is -0.449 e. The number of fused-ring (bicyclic) bond motifs is 2. The first-order valence-electron chi connectivity index (χ1n) is 5.08. The fourth-order valence-electron chi connectivity index (χ4n) is 1.72. The Labute approximate surface area is 107 Å². The van der Waals surface area contributed by atoms with E-state index in [-0.39, 0.29) is 22.2 Å². The van der Waals surface area contributed by atoms with Crippen LogP contribution in [0.15, 0.2) is 36.4 Å². The van der Waals surface area contributed by atoms with Crippen molar-refractivity contribution in [2.45, 2.75) is 0 Å². The summed E-state index contributed by atoms with van der Waals surface area (Å²) < 4.78 is 11.0. The van der Waals surface area contributed by atoms with Crippen LogP contribution in [-0.2, 0) is 0 Å². The zero-order valence-corrected chi connectivity index (χ0v) is 9.68. The molecule has 0 radical (unpaired) electrons. The average molecular weight is 264 g/mol. The summed E-state index contributed by atoms with van der Waals surface area (Å²) in [6.07, 6.45) is 0. The number of nitro benzene ring substituents is 1. The lowest BCUT2D eigenvalue weighted by molar-refractivity contribution is -0.385. The molecule has 1 aliphatic rings. The van der Waals surface area contributed by atoms with Crippen molar-refractivity contribution >= 4 is 17.3 Å². The van der Waals surface area contributed by atoms with Gasteiger partial charge in [-0.2, -0.15) is 0 Å². The van der Waals surface area contributed by atoms with Gasteiger partial charge in [-0.15, -0.1) is 0 Å². The van der Waals surface area contributed by atoms with Crippen LogP contribution in [0.2, 0.25) is 5.02 Å². The molecule has 18 heavy (non-hydrogen) atoms. The van der Waals surface area contributed by atoms with Crippen molar-refractivity contribution in [2.75, 3.05) is 0 Å². The van der Waals surface area contributed by atoms with Crippen LogP contribution < -0.4 is 9.47 Å². The van der Waals surface area contributed by atoms with Crippen molar-refractivity contribution in [3.63, 3.8) is 0 Å². The molecule has 1 heterocycles. The Bertz CT molecular complexity index is 657. The van der Waals surface area contributed by atoms with Gasteiger partial charge in [-0.1, -0.05) is 23.7 Å². The van der Waals surface area contributed by atoms with Crippen LogP contribution in [0.25, 0.3) is 0 Å². The molecule has 0 spiro atoms. The highest BCUT2D eigenvalue weighted by molar-refractivity contribution is 6.31. The van der Waals surface area contributed by atoms with Crippen LogP contribution in [0.5, 0.6) is 23.0 Å². The Morgan fingerprint density at radius 2 is 1.72 bits per heavy atom. The van der Waals surface area contributed by atoms with Gasteiger partial charge in [-0.05, 0) is 12.1 Å². The average Bonchev–Trinajstić information content (AvgIpc) is 2.35. The summed E-state index contributed by atoms with van der Waals surface area (Å²) in [5.74, 6) is 1.26. The van der Waals surface area contributed by atoms with Gasteiger partial charge in [0.1, 0.15) is 0 Å². The first-order chi connectivity index (χ1) is 8.65. The highest BCUT2D eigenvalue weighted by Gasteiger charge is 2.28. The van der Waals surface area contributed by atoms with Gasteiger partial charge in [-0.3, -0.25) is 10.1 Å². The summed E-state index contributed by atoms with van der Waals surface area (Å²) in [7, 11) is 0. The van der Waals surface area contributed by atoms with Gasteiger partial charge in [0.05, 0.1) is 9.95 Å². The number of hydrogen-bond acceptors (Lipinski definition) is 4. The lowest BCUT2D eigenvalue weighted by Crippen LogP contribution is -2.02. The van der Waals surface area contributed by atoms with E-state index in [2.05, 4.69) is 0 Å². The van der Waals surface area contributed by atoms with E-state index < -0.39 is 4.92 Å². The van der Waals surface area contributed by atoms with Crippen LogP contribution >= 0.6 is 11.6 Å². The summed E-state index contributed by atoms with van der Waals surface area (Å²) in [5.41, 5.74) is -0.216. The number of benzene rings is 2. The van der Waals surface area contributed by atoms with Crippen molar-refractivity contribution in [3.05, 3.63) is 51.5 Å². The molecular formula is C12H6ClNO4. The van der Waals surface area contributed by atoms with E-state index in [9.17, 15) is 10.1 Å². The van der Waals surface area contributed by atoms with Gasteiger partial charge in [0.25, 0.3) is 0 Å². The molecule has 2 aromatic rings. The lowest BCUT2D eigenvalue weighted by Gasteiger charge is -2.20. The Hall–Kier alpha value is -2.27. The molecule has 6 heteroatoms. The minimum absolute atomic E-state index is 0.0723. The highest BCUT2D eigenvalue weighted by atomic mass is 35.5. The normalized spacial score (nSPS) is 11.8. The molecule has 0 fully saturated rings. The molecule has 2 aromatic carbocycles. The minimum atomic E-state index is -0.554. The molecule has 0 bridgehead atoms. The molecule has 0 saturated heterocycles. The maximum Gasteiger partial charge on any atom is 0.317 e. The molecule has 5 nitrogen and oxygen atoms in total. The van der Waals surface area contributed by atoms with Crippen molar-refractivity contribution in [1.29, 1.82) is 0 Å². The number of nitro groups is 1. The highest BCUT2D eigenvalue weighted by Crippen LogP contribution is 2.50. The third kappa shape index (κ3) is 1.65. The summed E-state index contributed by atoms with van der Waals surface area (Å²) in [6.45, 7) is 0. The van der Waals surface area contributed by atoms with E-state index in [1.165, 1.54) is 12.1 Å². The zero-order chi connectivity index (χ0) is 12.7. The third-order valence-electron chi connectivity index (χ3n) is 2.48. The molecule has 0 unspecified atom stereocenters. The number of rotatable bonds is 1. The van der Waals surface area contributed by atoms with Gasteiger partial charge >= 0.3 is 5.69 Å². The molecule has 0 saturated carbocycles. The fourth-order valence-corrected chi connectivity index (χ4v) is 1.92. The Balaban J connectivity index is 2.18. The van der Waals surface area contributed by atoms with Gasteiger partial charge in [-0.25, -0.2) is 0 Å². The standard InChI is InChI=1S/C12H6ClNO4/c13-7-5-8(14(15)16)12-11(6-7)17-9-3-1-2-4-10(9)18-12/h1-6H. The predicted molar refractivity (Wildman–Crippen MR) is 64.7 cm³/mol. The number of halogens is 1. The Morgan fingerprint density at radius 3 is 2.39 bits per heavy atom. The number of para-hydroxylation sites is 2. The summed E-state index contributed by atoms with van der Waals surface area (Å²) in [6, 6.07) is 9.65. The van der Waals surface area contributed by atoms with Gasteiger partial charge < -0.3 is 9.47 Å². The Morgan fingerprint density at radius 1 is 1.06 bits per heavy atom. The maximum atomic E-state index is 10.9. The summed E-state index contributed by atoms with van der Waals surface area (Å²) >= 11 is 5.81. The first kappa shape index (κ1) is 10.9. The molecule has 3 rings (SSSR count). The molecule has 0 aromatic heterocycles. The molecule has 90 valence electrons. The summed E-state index contributed by atoms with van der Waals surface area (Å²) in [5, 5.41) is 11.2. The van der Waals surface area contributed by atoms with Gasteiger partial charge in [0, 0.05) is 12.1 Å². The Kier molecular flexibility index (Phi) is 2.34. The first-order valence-corrected chi connectivity index (χ1v) is 5.45. The van der Waals surface area contributed by atoms with E-state index in [1.807, 2.05) is 0 Å². The zero-order valence-electron chi connectivity index (χ0n) is 8.92. The molecule has 0 aliphatic carbocycles. The second kappa shape index (κ2) is 3.89. The van der Waals surface area contributed by atoms with Gasteiger partial charge in [0.2, 0.25) is 5.75 Å². The number of hydrogen-bond donors (Lipinski definition) is 0. The third-order valence-corrected chi connectivity index (χ3v) is 2.70. The topological polar surface area (TPSA) is 61.6 Å². The van der Waals surface area contributed by atoms with E-state index in [0.29, 0.717) is 11.5 Å². The molecule has 0 atom stereocenters.